The summed E-state index contributed by atoms with van der Waals surface area (Å²) in [5, 5.41) is 0. The van der Waals surface area contributed by atoms with Crippen LogP contribution in [0.2, 0.25) is 0 Å². The number of Topliss-reactive ketones (excluding diaryl/α,β-unsaturated/α-hetero) is 1. The molecule has 0 amide bonds. The maximum absolute atomic E-state index is 12.4. The first-order valence-electron chi connectivity index (χ1n) is 5.58. The lowest BCUT2D eigenvalue weighted by atomic mass is 10.00. The number of benzene rings is 1. The van der Waals surface area contributed by atoms with E-state index in [-0.39, 0.29) is 11.8 Å². The summed E-state index contributed by atoms with van der Waals surface area (Å²) < 4.78 is 0. The molecule has 0 spiro atoms. The van der Waals surface area contributed by atoms with Gasteiger partial charge in [0.1, 0.15) is 0 Å². The number of thioether (sulfide) groups is 1. The number of nitrogens with zero attached hydrogens (tertiary/aromatic N) is 1. The van der Waals surface area contributed by atoms with Crippen LogP contribution in [0, 0.1) is 6.92 Å². The number of aryl methyl sites for hydroxylation is 1. The SMILES string of the molecule is Cc1ccccc1C(=O)C1CSCCN1C. The lowest BCUT2D eigenvalue weighted by Gasteiger charge is -2.31. The van der Waals surface area contributed by atoms with Gasteiger partial charge >= 0.3 is 0 Å². The Hall–Kier alpha value is -0.800. The predicted molar refractivity (Wildman–Crippen MR) is 69.3 cm³/mol. The van der Waals surface area contributed by atoms with Crippen molar-refractivity contribution in [1.82, 2.24) is 4.90 Å². The number of likely N-dealkylation sites (N-methyl/N-ethyl adjacent to an activating group) is 1. The molecule has 3 heteroatoms. The number of hydrogen-bond donors (Lipinski definition) is 0. The Kier molecular flexibility index (Phi) is 3.66. The Morgan fingerprint density at radius 3 is 2.88 bits per heavy atom. The maximum Gasteiger partial charge on any atom is 0.181 e. The first-order valence-corrected chi connectivity index (χ1v) is 6.73. The van der Waals surface area contributed by atoms with Crippen LogP contribution in [0.1, 0.15) is 15.9 Å². The van der Waals surface area contributed by atoms with Gasteiger partial charge < -0.3 is 0 Å². The van der Waals surface area contributed by atoms with Crippen LogP contribution in [-0.2, 0) is 0 Å². The third kappa shape index (κ3) is 2.30. The average Bonchev–Trinajstić information content (AvgIpc) is 2.29. The van der Waals surface area contributed by atoms with Gasteiger partial charge in [-0.3, -0.25) is 9.69 Å². The van der Waals surface area contributed by atoms with Crippen molar-refractivity contribution in [3.63, 3.8) is 0 Å². The van der Waals surface area contributed by atoms with Crippen molar-refractivity contribution < 1.29 is 4.79 Å². The normalized spacial score (nSPS) is 22.0. The summed E-state index contributed by atoms with van der Waals surface area (Å²) in [6.45, 7) is 3.01. The van der Waals surface area contributed by atoms with Crippen molar-refractivity contribution in [3.05, 3.63) is 35.4 Å². The van der Waals surface area contributed by atoms with Crippen LogP contribution >= 0.6 is 11.8 Å². The van der Waals surface area contributed by atoms with Crippen LogP contribution in [0.4, 0.5) is 0 Å². The van der Waals surface area contributed by atoms with Gasteiger partial charge in [0.05, 0.1) is 6.04 Å². The molecule has 1 aromatic carbocycles. The van der Waals surface area contributed by atoms with Crippen LogP contribution in [0.5, 0.6) is 0 Å². The molecule has 0 bridgehead atoms. The topological polar surface area (TPSA) is 20.3 Å². The zero-order valence-electron chi connectivity index (χ0n) is 9.77. The van der Waals surface area contributed by atoms with Crippen molar-refractivity contribution >= 4 is 17.5 Å². The molecule has 16 heavy (non-hydrogen) atoms. The van der Waals surface area contributed by atoms with Crippen LogP contribution < -0.4 is 0 Å². The van der Waals surface area contributed by atoms with E-state index in [1.807, 2.05) is 50.0 Å². The lowest BCUT2D eigenvalue weighted by molar-refractivity contribution is 0.0874. The van der Waals surface area contributed by atoms with Gasteiger partial charge in [-0.15, -0.1) is 0 Å². The molecule has 1 fully saturated rings. The summed E-state index contributed by atoms with van der Waals surface area (Å²) >= 11 is 1.87. The molecule has 0 N–H and O–H groups in total. The minimum atomic E-state index is 0.0554. The van der Waals surface area contributed by atoms with E-state index in [2.05, 4.69) is 4.90 Å². The van der Waals surface area contributed by atoms with Crippen LogP contribution in [0.3, 0.4) is 0 Å². The van der Waals surface area contributed by atoms with Gasteiger partial charge in [-0.2, -0.15) is 11.8 Å². The van der Waals surface area contributed by atoms with Gasteiger partial charge in [0.2, 0.25) is 0 Å². The van der Waals surface area contributed by atoms with Crippen LogP contribution in [-0.4, -0.2) is 41.8 Å². The summed E-state index contributed by atoms with van der Waals surface area (Å²) in [7, 11) is 2.04. The molecular formula is C13H17NOS. The first kappa shape index (κ1) is 11.7. The highest BCUT2D eigenvalue weighted by Crippen LogP contribution is 2.20. The Morgan fingerprint density at radius 2 is 2.19 bits per heavy atom. The van der Waals surface area contributed by atoms with E-state index in [4.69, 9.17) is 0 Å². The fourth-order valence-electron chi connectivity index (χ4n) is 1.99. The monoisotopic (exact) mass is 235 g/mol. The molecule has 0 radical (unpaired) electrons. The third-order valence-electron chi connectivity index (χ3n) is 3.11. The highest BCUT2D eigenvalue weighted by Gasteiger charge is 2.27. The molecule has 1 unspecified atom stereocenters. The molecule has 1 aromatic rings. The van der Waals surface area contributed by atoms with E-state index in [1.165, 1.54) is 0 Å². The smallest absolute Gasteiger partial charge is 0.181 e. The van der Waals surface area contributed by atoms with Gasteiger partial charge in [-0.1, -0.05) is 24.3 Å². The van der Waals surface area contributed by atoms with Crippen LogP contribution in [0.15, 0.2) is 24.3 Å². The zero-order valence-corrected chi connectivity index (χ0v) is 10.6. The molecular weight excluding hydrogens is 218 g/mol. The molecule has 2 rings (SSSR count). The zero-order chi connectivity index (χ0) is 11.5. The van der Waals surface area contributed by atoms with E-state index in [9.17, 15) is 4.79 Å². The number of rotatable bonds is 2. The second kappa shape index (κ2) is 5.02. The van der Waals surface area contributed by atoms with Gasteiger partial charge in [-0.25, -0.2) is 0 Å². The highest BCUT2D eigenvalue weighted by molar-refractivity contribution is 7.99. The number of ketones is 1. The number of carbonyl (C=O) groups excluding carboxylic acids is 1. The molecule has 0 aromatic heterocycles. The molecule has 1 heterocycles. The third-order valence-corrected chi connectivity index (χ3v) is 4.13. The minimum absolute atomic E-state index is 0.0554. The number of carbonyl (C=O) groups is 1. The maximum atomic E-state index is 12.4. The van der Waals surface area contributed by atoms with E-state index in [1.54, 1.807) is 0 Å². The molecule has 86 valence electrons. The van der Waals surface area contributed by atoms with Gasteiger partial charge in [0.15, 0.2) is 5.78 Å². The highest BCUT2D eigenvalue weighted by atomic mass is 32.2. The second-order valence-corrected chi connectivity index (χ2v) is 5.40. The fraction of sp³-hybridized carbons (Fsp3) is 0.462. The fourth-order valence-corrected chi connectivity index (χ4v) is 3.20. The minimum Gasteiger partial charge on any atom is -0.295 e. The molecule has 0 saturated carbocycles. The number of hydrogen-bond acceptors (Lipinski definition) is 3. The van der Waals surface area contributed by atoms with Gasteiger partial charge in [0, 0.05) is 23.6 Å². The van der Waals surface area contributed by atoms with E-state index >= 15 is 0 Å². The van der Waals surface area contributed by atoms with E-state index < -0.39 is 0 Å². The van der Waals surface area contributed by atoms with Crippen molar-refractivity contribution in [1.29, 1.82) is 0 Å². The van der Waals surface area contributed by atoms with E-state index in [0.29, 0.717) is 0 Å². The molecule has 1 aliphatic rings. The van der Waals surface area contributed by atoms with Crippen LogP contribution in [0.25, 0.3) is 0 Å². The molecule has 1 atom stereocenters. The Morgan fingerprint density at radius 1 is 1.44 bits per heavy atom. The first-order chi connectivity index (χ1) is 7.70. The van der Waals surface area contributed by atoms with Gasteiger partial charge in [-0.05, 0) is 19.5 Å². The van der Waals surface area contributed by atoms with Crippen molar-refractivity contribution in [3.8, 4) is 0 Å². The predicted octanol–water partition coefficient (Wildman–Crippen LogP) is 2.22. The van der Waals surface area contributed by atoms with E-state index in [0.717, 1.165) is 29.2 Å². The summed E-state index contributed by atoms with van der Waals surface area (Å²) in [4.78, 5) is 14.5. The largest absolute Gasteiger partial charge is 0.295 e. The summed E-state index contributed by atoms with van der Waals surface area (Å²) in [6.07, 6.45) is 0. The Labute approximate surface area is 101 Å². The van der Waals surface area contributed by atoms with Crippen molar-refractivity contribution in [2.24, 2.45) is 0 Å². The average molecular weight is 235 g/mol. The second-order valence-electron chi connectivity index (χ2n) is 4.25. The Bertz CT molecular complexity index is 391. The summed E-state index contributed by atoms with van der Waals surface area (Å²) in [5.74, 6) is 2.32. The lowest BCUT2D eigenvalue weighted by Crippen LogP contribution is -2.44. The molecule has 0 aliphatic carbocycles. The van der Waals surface area contributed by atoms with Crippen molar-refractivity contribution in [2.45, 2.75) is 13.0 Å². The van der Waals surface area contributed by atoms with Crippen molar-refractivity contribution in [2.75, 3.05) is 25.1 Å². The van der Waals surface area contributed by atoms with Gasteiger partial charge in [0.25, 0.3) is 0 Å². The molecule has 2 nitrogen and oxygen atoms in total. The Balaban J connectivity index is 2.21. The molecule has 1 saturated heterocycles. The standard InChI is InChI=1S/C13H17NOS/c1-10-5-3-4-6-11(10)13(15)12-9-16-8-7-14(12)2/h3-6,12H,7-9H2,1-2H3. The quantitative estimate of drug-likeness (QED) is 0.733. The molecule has 1 aliphatic heterocycles. The summed E-state index contributed by atoms with van der Waals surface area (Å²) in [5.41, 5.74) is 1.96. The summed E-state index contributed by atoms with van der Waals surface area (Å²) in [6, 6.07) is 7.91.